The molecule has 1 unspecified atom stereocenters. The molecule has 1 aliphatic rings. The Kier molecular flexibility index (Phi) is 5.67. The number of hydrogen-bond acceptors (Lipinski definition) is 5. The molecule has 2 heterocycles. The Bertz CT molecular complexity index is 642. The van der Waals surface area contributed by atoms with E-state index in [1.807, 2.05) is 31.3 Å². The summed E-state index contributed by atoms with van der Waals surface area (Å²) in [5, 5.41) is 3.42. The maximum Gasteiger partial charge on any atom is 0.161 e. The fraction of sp³-hybridized carbons (Fsp3) is 0.421. The highest BCUT2D eigenvalue weighted by atomic mass is 16.5. The molecule has 1 saturated heterocycles. The molecule has 2 aromatic rings. The van der Waals surface area contributed by atoms with Crippen molar-refractivity contribution in [3.8, 4) is 11.5 Å². The van der Waals surface area contributed by atoms with Crippen molar-refractivity contribution in [1.82, 2.24) is 15.2 Å². The largest absolute Gasteiger partial charge is 0.493 e. The molecule has 1 fully saturated rings. The average molecular weight is 327 g/mol. The third-order valence-corrected chi connectivity index (χ3v) is 4.29. The van der Waals surface area contributed by atoms with Crippen LogP contribution in [0.4, 0.5) is 0 Å². The highest BCUT2D eigenvalue weighted by Crippen LogP contribution is 2.34. The molecule has 24 heavy (non-hydrogen) atoms. The predicted molar refractivity (Wildman–Crippen MR) is 94.7 cm³/mol. The lowest BCUT2D eigenvalue weighted by Gasteiger charge is -2.35. The Labute approximate surface area is 143 Å². The number of rotatable bonds is 6. The van der Waals surface area contributed by atoms with E-state index in [1.54, 1.807) is 7.11 Å². The molecule has 1 aromatic carbocycles. The standard InChI is InChI=1S/C19H25N3O2/c1-3-24-18-14-15(7-8-17(18)23-2)19(16-6-4-5-9-21-16)22-12-10-20-11-13-22/h4-9,14,19-20H,3,10-13H2,1-2H3. The van der Waals surface area contributed by atoms with Gasteiger partial charge >= 0.3 is 0 Å². The highest BCUT2D eigenvalue weighted by Gasteiger charge is 2.25. The molecule has 5 heteroatoms. The van der Waals surface area contributed by atoms with E-state index in [9.17, 15) is 0 Å². The Morgan fingerprint density at radius 1 is 1.17 bits per heavy atom. The summed E-state index contributed by atoms with van der Waals surface area (Å²) in [4.78, 5) is 7.08. The van der Waals surface area contributed by atoms with Crippen LogP contribution in [0.25, 0.3) is 0 Å². The van der Waals surface area contributed by atoms with E-state index >= 15 is 0 Å². The van der Waals surface area contributed by atoms with E-state index < -0.39 is 0 Å². The van der Waals surface area contributed by atoms with Crippen LogP contribution in [0.2, 0.25) is 0 Å². The van der Waals surface area contributed by atoms with E-state index in [-0.39, 0.29) is 6.04 Å². The van der Waals surface area contributed by atoms with E-state index in [1.165, 1.54) is 5.56 Å². The molecule has 1 aliphatic heterocycles. The van der Waals surface area contributed by atoms with Gasteiger partial charge in [0.1, 0.15) is 0 Å². The number of nitrogens with zero attached hydrogens (tertiary/aromatic N) is 2. The zero-order chi connectivity index (χ0) is 16.8. The number of hydrogen-bond donors (Lipinski definition) is 1. The van der Waals surface area contributed by atoms with Crippen molar-refractivity contribution in [2.45, 2.75) is 13.0 Å². The van der Waals surface area contributed by atoms with Gasteiger partial charge in [-0.15, -0.1) is 0 Å². The van der Waals surface area contributed by atoms with Gasteiger partial charge in [-0.3, -0.25) is 9.88 Å². The average Bonchev–Trinajstić information content (AvgIpc) is 2.64. The predicted octanol–water partition coefficient (Wildman–Crippen LogP) is 2.48. The van der Waals surface area contributed by atoms with Gasteiger partial charge in [-0.25, -0.2) is 0 Å². The van der Waals surface area contributed by atoms with Crippen LogP contribution in [0, 0.1) is 0 Å². The second-order valence-electron chi connectivity index (χ2n) is 5.79. The molecule has 5 nitrogen and oxygen atoms in total. The second kappa shape index (κ2) is 8.13. The molecule has 0 saturated carbocycles. The summed E-state index contributed by atoms with van der Waals surface area (Å²) in [5.74, 6) is 1.55. The Morgan fingerprint density at radius 3 is 2.67 bits per heavy atom. The third kappa shape index (κ3) is 3.68. The summed E-state index contributed by atoms with van der Waals surface area (Å²) >= 11 is 0. The highest BCUT2D eigenvalue weighted by molar-refractivity contribution is 5.45. The molecule has 0 amide bonds. The lowest BCUT2D eigenvalue weighted by Crippen LogP contribution is -2.45. The van der Waals surface area contributed by atoms with Crippen LogP contribution < -0.4 is 14.8 Å². The normalized spacial score (nSPS) is 16.6. The minimum Gasteiger partial charge on any atom is -0.493 e. The Morgan fingerprint density at radius 2 is 2.00 bits per heavy atom. The maximum absolute atomic E-state index is 5.77. The zero-order valence-electron chi connectivity index (χ0n) is 14.4. The van der Waals surface area contributed by atoms with E-state index in [2.05, 4.69) is 33.4 Å². The van der Waals surface area contributed by atoms with E-state index in [0.717, 1.165) is 43.4 Å². The van der Waals surface area contributed by atoms with Crippen molar-refractivity contribution in [3.63, 3.8) is 0 Å². The quantitative estimate of drug-likeness (QED) is 0.883. The number of benzene rings is 1. The molecule has 1 aromatic heterocycles. The lowest BCUT2D eigenvalue weighted by atomic mass is 10.00. The minimum absolute atomic E-state index is 0.124. The van der Waals surface area contributed by atoms with Crippen LogP contribution in [0.15, 0.2) is 42.6 Å². The molecule has 0 radical (unpaired) electrons. The monoisotopic (exact) mass is 327 g/mol. The number of nitrogens with one attached hydrogen (secondary N) is 1. The first-order chi connectivity index (χ1) is 11.8. The Balaban J connectivity index is 2.00. The Hall–Kier alpha value is -2.11. The van der Waals surface area contributed by atoms with Gasteiger partial charge in [0, 0.05) is 32.4 Å². The molecule has 0 aliphatic carbocycles. The van der Waals surface area contributed by atoms with Crippen molar-refractivity contribution >= 4 is 0 Å². The number of aromatic nitrogens is 1. The van der Waals surface area contributed by atoms with Gasteiger partial charge in [-0.2, -0.15) is 0 Å². The second-order valence-corrected chi connectivity index (χ2v) is 5.79. The first-order valence-electron chi connectivity index (χ1n) is 8.50. The SMILES string of the molecule is CCOc1cc(C(c2ccccn2)N2CCNCC2)ccc1OC. The topological polar surface area (TPSA) is 46.6 Å². The smallest absolute Gasteiger partial charge is 0.161 e. The molecule has 0 spiro atoms. The van der Waals surface area contributed by atoms with Gasteiger partial charge in [-0.1, -0.05) is 12.1 Å². The number of piperazine rings is 1. The number of pyridine rings is 1. The third-order valence-electron chi connectivity index (χ3n) is 4.29. The lowest BCUT2D eigenvalue weighted by molar-refractivity contribution is 0.195. The van der Waals surface area contributed by atoms with E-state index in [0.29, 0.717) is 6.61 Å². The minimum atomic E-state index is 0.124. The first kappa shape index (κ1) is 16.7. The zero-order valence-corrected chi connectivity index (χ0v) is 14.4. The van der Waals surface area contributed by atoms with Gasteiger partial charge in [-0.05, 0) is 36.8 Å². The van der Waals surface area contributed by atoms with Gasteiger partial charge in [0.2, 0.25) is 0 Å². The van der Waals surface area contributed by atoms with Crippen LogP contribution in [-0.2, 0) is 0 Å². The molecular weight excluding hydrogens is 302 g/mol. The van der Waals surface area contributed by atoms with E-state index in [4.69, 9.17) is 9.47 Å². The molecule has 1 atom stereocenters. The van der Waals surface area contributed by atoms with Crippen LogP contribution in [-0.4, -0.2) is 49.8 Å². The van der Waals surface area contributed by atoms with Crippen LogP contribution in [0.1, 0.15) is 24.2 Å². The van der Waals surface area contributed by atoms with Gasteiger partial charge in [0.15, 0.2) is 11.5 Å². The van der Waals surface area contributed by atoms with Gasteiger partial charge in [0.05, 0.1) is 25.5 Å². The summed E-state index contributed by atoms with van der Waals surface area (Å²) < 4.78 is 11.2. The summed E-state index contributed by atoms with van der Waals surface area (Å²) in [6, 6.07) is 12.4. The van der Waals surface area contributed by atoms with Crippen molar-refractivity contribution < 1.29 is 9.47 Å². The van der Waals surface area contributed by atoms with Crippen molar-refractivity contribution in [2.75, 3.05) is 39.9 Å². The van der Waals surface area contributed by atoms with Gasteiger partial charge in [0.25, 0.3) is 0 Å². The van der Waals surface area contributed by atoms with Gasteiger partial charge < -0.3 is 14.8 Å². The number of methoxy groups -OCH3 is 1. The van der Waals surface area contributed by atoms with Crippen LogP contribution in [0.5, 0.6) is 11.5 Å². The first-order valence-corrected chi connectivity index (χ1v) is 8.50. The molecular formula is C19H25N3O2. The fourth-order valence-electron chi connectivity index (χ4n) is 3.18. The summed E-state index contributed by atoms with van der Waals surface area (Å²) in [6.07, 6.45) is 1.86. The summed E-state index contributed by atoms with van der Waals surface area (Å²) in [5.41, 5.74) is 2.24. The van der Waals surface area contributed by atoms with Crippen LogP contribution in [0.3, 0.4) is 0 Å². The van der Waals surface area contributed by atoms with Crippen molar-refractivity contribution in [1.29, 1.82) is 0 Å². The molecule has 1 N–H and O–H groups in total. The molecule has 3 rings (SSSR count). The summed E-state index contributed by atoms with van der Waals surface area (Å²) in [7, 11) is 1.67. The maximum atomic E-state index is 5.77. The van der Waals surface area contributed by atoms with Crippen LogP contribution >= 0.6 is 0 Å². The van der Waals surface area contributed by atoms with Crippen molar-refractivity contribution in [2.24, 2.45) is 0 Å². The van der Waals surface area contributed by atoms with Crippen molar-refractivity contribution in [3.05, 3.63) is 53.9 Å². The summed E-state index contributed by atoms with van der Waals surface area (Å²) in [6.45, 7) is 6.59. The number of ether oxygens (including phenoxy) is 2. The fourth-order valence-corrected chi connectivity index (χ4v) is 3.18. The molecule has 128 valence electrons. The molecule has 0 bridgehead atoms.